The topological polar surface area (TPSA) is 54.3 Å². The maximum atomic E-state index is 11.8. The Morgan fingerprint density at radius 2 is 2.39 bits per heavy atom. The smallest absolute Gasteiger partial charge is 0.239 e. The van der Waals surface area contributed by atoms with Crippen molar-refractivity contribution in [2.24, 2.45) is 0 Å². The van der Waals surface area contributed by atoms with Crippen LogP contribution in [0.1, 0.15) is 49.2 Å². The van der Waals surface area contributed by atoms with Crippen molar-refractivity contribution < 1.29 is 9.90 Å². The third-order valence-electron chi connectivity index (χ3n) is 3.57. The van der Waals surface area contributed by atoms with E-state index in [1.54, 1.807) is 0 Å². The number of hydrogen-bond donors (Lipinski definition) is 2. The number of fused-ring (bicyclic) bond motifs is 1. The number of aryl methyl sites for hydroxylation is 1. The van der Waals surface area contributed by atoms with Crippen molar-refractivity contribution in [3.8, 4) is 0 Å². The molecule has 1 aliphatic carbocycles. The molecule has 0 bridgehead atoms. The summed E-state index contributed by atoms with van der Waals surface area (Å²) in [7, 11) is 0. The third-order valence-corrected chi connectivity index (χ3v) is 3.57. The zero-order valence-corrected chi connectivity index (χ0v) is 11.2. The number of rotatable bonds is 4. The molecule has 0 spiro atoms. The molecule has 0 fully saturated rings. The number of aromatic nitrogens is 1. The van der Waals surface area contributed by atoms with Gasteiger partial charge in [-0.15, -0.1) is 0 Å². The van der Waals surface area contributed by atoms with Gasteiger partial charge in [-0.05, 0) is 38.7 Å². The van der Waals surface area contributed by atoms with Gasteiger partial charge in [0.2, 0.25) is 5.91 Å². The van der Waals surface area contributed by atoms with E-state index in [1.165, 1.54) is 0 Å². The fourth-order valence-corrected chi connectivity index (χ4v) is 2.63. The minimum absolute atomic E-state index is 0.0541. The van der Waals surface area contributed by atoms with Crippen molar-refractivity contribution in [1.82, 2.24) is 9.88 Å². The fourth-order valence-electron chi connectivity index (χ4n) is 2.63. The van der Waals surface area contributed by atoms with E-state index in [4.69, 9.17) is 0 Å². The Hall–Kier alpha value is -1.29. The molecule has 18 heavy (non-hydrogen) atoms. The van der Waals surface area contributed by atoms with Crippen molar-refractivity contribution in [1.29, 1.82) is 0 Å². The Kier molecular flexibility index (Phi) is 4.07. The predicted octanol–water partition coefficient (Wildman–Crippen LogP) is 1.69. The van der Waals surface area contributed by atoms with Crippen LogP contribution in [0.5, 0.6) is 0 Å². The first-order valence-electron chi connectivity index (χ1n) is 6.77. The average molecular weight is 250 g/mol. The van der Waals surface area contributed by atoms with Crippen molar-refractivity contribution in [3.63, 3.8) is 0 Å². The van der Waals surface area contributed by atoms with E-state index in [9.17, 15) is 9.90 Å². The monoisotopic (exact) mass is 250 g/mol. The Labute approximate surface area is 108 Å². The molecule has 1 aromatic rings. The second-order valence-corrected chi connectivity index (χ2v) is 5.03. The van der Waals surface area contributed by atoms with Crippen LogP contribution < -0.4 is 5.32 Å². The first-order chi connectivity index (χ1) is 8.63. The lowest BCUT2D eigenvalue weighted by Crippen LogP contribution is -2.29. The van der Waals surface area contributed by atoms with Crippen LogP contribution in [-0.4, -0.2) is 22.1 Å². The second-order valence-electron chi connectivity index (χ2n) is 5.03. The van der Waals surface area contributed by atoms with E-state index in [0.29, 0.717) is 6.54 Å². The highest BCUT2D eigenvalue weighted by Crippen LogP contribution is 2.31. The fraction of sp³-hybridized carbons (Fsp3) is 0.643. The number of nitrogens with zero attached hydrogens (tertiary/aromatic N) is 1. The molecule has 1 aromatic heterocycles. The van der Waals surface area contributed by atoms with E-state index in [0.717, 1.165) is 49.2 Å². The zero-order chi connectivity index (χ0) is 13.1. The SMILES string of the molecule is CCCNC(=O)Cn1c(C)cc2c1CCCC2O. The van der Waals surface area contributed by atoms with Crippen molar-refractivity contribution in [2.75, 3.05) is 6.54 Å². The summed E-state index contributed by atoms with van der Waals surface area (Å²) in [4.78, 5) is 11.8. The quantitative estimate of drug-likeness (QED) is 0.854. The van der Waals surface area contributed by atoms with Crippen LogP contribution in [0.25, 0.3) is 0 Å². The molecule has 1 aliphatic rings. The Bertz CT molecular complexity index is 437. The first-order valence-corrected chi connectivity index (χ1v) is 6.77. The van der Waals surface area contributed by atoms with Crippen LogP contribution in [0.3, 0.4) is 0 Å². The Morgan fingerprint density at radius 3 is 3.11 bits per heavy atom. The van der Waals surface area contributed by atoms with E-state index >= 15 is 0 Å². The molecule has 2 rings (SSSR count). The summed E-state index contributed by atoms with van der Waals surface area (Å²) >= 11 is 0. The molecule has 0 saturated heterocycles. The zero-order valence-electron chi connectivity index (χ0n) is 11.2. The summed E-state index contributed by atoms with van der Waals surface area (Å²) in [5, 5.41) is 12.9. The number of carbonyl (C=O) groups excluding carboxylic acids is 1. The molecule has 4 nitrogen and oxygen atoms in total. The summed E-state index contributed by atoms with van der Waals surface area (Å²) in [6.45, 7) is 5.13. The van der Waals surface area contributed by atoms with Crippen LogP contribution >= 0.6 is 0 Å². The average Bonchev–Trinajstić information content (AvgIpc) is 2.66. The van der Waals surface area contributed by atoms with Crippen LogP contribution in [-0.2, 0) is 17.8 Å². The molecule has 0 aromatic carbocycles. The van der Waals surface area contributed by atoms with Crippen molar-refractivity contribution >= 4 is 5.91 Å². The van der Waals surface area contributed by atoms with Gasteiger partial charge in [-0.1, -0.05) is 6.92 Å². The lowest BCUT2D eigenvalue weighted by Gasteiger charge is -2.20. The molecule has 1 unspecified atom stereocenters. The normalized spacial score (nSPS) is 18.5. The number of aliphatic hydroxyl groups is 1. The number of carbonyl (C=O) groups is 1. The highest BCUT2D eigenvalue weighted by Gasteiger charge is 2.23. The molecule has 1 amide bonds. The molecule has 0 radical (unpaired) electrons. The van der Waals surface area contributed by atoms with Gasteiger partial charge < -0.3 is 15.0 Å². The molecule has 1 heterocycles. The van der Waals surface area contributed by atoms with E-state index in [2.05, 4.69) is 5.32 Å². The van der Waals surface area contributed by atoms with E-state index in [1.807, 2.05) is 24.5 Å². The van der Waals surface area contributed by atoms with Gasteiger partial charge in [0.05, 0.1) is 6.10 Å². The maximum absolute atomic E-state index is 11.8. The largest absolute Gasteiger partial charge is 0.388 e. The van der Waals surface area contributed by atoms with Gasteiger partial charge in [0, 0.05) is 23.5 Å². The Balaban J connectivity index is 2.15. The van der Waals surface area contributed by atoms with Gasteiger partial charge in [-0.3, -0.25) is 4.79 Å². The molecule has 4 heteroatoms. The molecule has 0 saturated carbocycles. The third kappa shape index (κ3) is 2.58. The lowest BCUT2D eigenvalue weighted by molar-refractivity contribution is -0.121. The summed E-state index contributed by atoms with van der Waals surface area (Å²) < 4.78 is 2.04. The maximum Gasteiger partial charge on any atom is 0.239 e. The number of amides is 1. The van der Waals surface area contributed by atoms with Gasteiger partial charge in [0.1, 0.15) is 6.54 Å². The van der Waals surface area contributed by atoms with Gasteiger partial charge >= 0.3 is 0 Å². The van der Waals surface area contributed by atoms with Gasteiger partial charge in [0.25, 0.3) is 0 Å². The standard InChI is InChI=1S/C14H22N2O2/c1-3-7-15-14(18)9-16-10(2)8-11-12(16)5-4-6-13(11)17/h8,13,17H,3-7,9H2,1-2H3,(H,15,18). The molecule has 1 atom stereocenters. The van der Waals surface area contributed by atoms with Gasteiger partial charge in [-0.2, -0.15) is 0 Å². The molecular formula is C14H22N2O2. The molecular weight excluding hydrogens is 228 g/mol. The molecule has 0 aliphatic heterocycles. The van der Waals surface area contributed by atoms with Crippen LogP contribution in [0, 0.1) is 6.92 Å². The molecule has 100 valence electrons. The Morgan fingerprint density at radius 1 is 1.61 bits per heavy atom. The van der Waals surface area contributed by atoms with Crippen LogP contribution in [0.15, 0.2) is 6.07 Å². The highest BCUT2D eigenvalue weighted by atomic mass is 16.3. The summed E-state index contributed by atoms with van der Waals surface area (Å²) in [6.07, 6.45) is 3.38. The summed E-state index contributed by atoms with van der Waals surface area (Å²) in [5.74, 6) is 0.0541. The second kappa shape index (κ2) is 5.57. The highest BCUT2D eigenvalue weighted by molar-refractivity contribution is 5.76. The van der Waals surface area contributed by atoms with Crippen LogP contribution in [0.2, 0.25) is 0 Å². The predicted molar refractivity (Wildman–Crippen MR) is 70.4 cm³/mol. The van der Waals surface area contributed by atoms with Gasteiger partial charge in [-0.25, -0.2) is 0 Å². The van der Waals surface area contributed by atoms with E-state index in [-0.39, 0.29) is 12.0 Å². The van der Waals surface area contributed by atoms with Crippen molar-refractivity contribution in [3.05, 3.63) is 23.0 Å². The minimum atomic E-state index is -0.354. The van der Waals surface area contributed by atoms with Gasteiger partial charge in [0.15, 0.2) is 0 Å². The number of nitrogens with one attached hydrogen (secondary N) is 1. The first kappa shape index (κ1) is 13.1. The molecule has 2 N–H and O–H groups in total. The summed E-state index contributed by atoms with van der Waals surface area (Å²) in [6, 6.07) is 2.02. The number of aliphatic hydroxyl groups excluding tert-OH is 1. The van der Waals surface area contributed by atoms with Crippen LogP contribution in [0.4, 0.5) is 0 Å². The van der Waals surface area contributed by atoms with Crippen molar-refractivity contribution in [2.45, 2.75) is 52.2 Å². The minimum Gasteiger partial charge on any atom is -0.388 e. The van der Waals surface area contributed by atoms with E-state index < -0.39 is 0 Å². The lowest BCUT2D eigenvalue weighted by atomic mass is 9.95. The number of hydrogen-bond acceptors (Lipinski definition) is 2. The summed E-state index contributed by atoms with van der Waals surface area (Å²) in [5.41, 5.74) is 3.22.